The minimum atomic E-state index is 0.389. The van der Waals surface area contributed by atoms with Crippen LogP contribution in [0.2, 0.25) is 0 Å². The minimum absolute atomic E-state index is 0.389. The van der Waals surface area contributed by atoms with Crippen molar-refractivity contribution in [3.63, 3.8) is 0 Å². The molecule has 3 rings (SSSR count). The molecule has 20 heavy (non-hydrogen) atoms. The Bertz CT molecular complexity index is 451. The van der Waals surface area contributed by atoms with Gasteiger partial charge in [-0.05, 0) is 39.5 Å². The fourth-order valence-corrected chi connectivity index (χ4v) is 3.92. The number of anilines is 1. The molecular formula is C16H28N4. The molecule has 2 N–H and O–H groups in total. The largest absolute Gasteiger partial charge is 0.368 e. The number of rotatable bonds is 2. The Labute approximate surface area is 122 Å². The Morgan fingerprint density at radius 3 is 2.30 bits per heavy atom. The van der Waals surface area contributed by atoms with Crippen LogP contribution in [0, 0.1) is 13.8 Å². The first kappa shape index (κ1) is 13.9. The minimum Gasteiger partial charge on any atom is -0.368 e. The number of nitrogens with zero attached hydrogens (tertiary/aromatic N) is 3. The Morgan fingerprint density at radius 2 is 1.65 bits per heavy atom. The summed E-state index contributed by atoms with van der Waals surface area (Å²) in [5.74, 6) is 0. The van der Waals surface area contributed by atoms with Gasteiger partial charge in [0.2, 0.25) is 0 Å². The lowest BCUT2D eigenvalue weighted by molar-refractivity contribution is 0.324. The molecule has 112 valence electrons. The third kappa shape index (κ3) is 2.58. The molecule has 0 spiro atoms. The standard InChI is InChI=1S/C16H28N4/c1-12-16(19-10-8-14(17)9-11-19)13(2)20(18-12)15-6-4-3-5-7-15/h14-15H,3-11,17H2,1-2H3. The summed E-state index contributed by atoms with van der Waals surface area (Å²) >= 11 is 0. The molecule has 1 aliphatic carbocycles. The maximum absolute atomic E-state index is 6.03. The van der Waals surface area contributed by atoms with Gasteiger partial charge < -0.3 is 10.6 Å². The van der Waals surface area contributed by atoms with E-state index in [4.69, 9.17) is 10.8 Å². The van der Waals surface area contributed by atoms with E-state index < -0.39 is 0 Å². The predicted octanol–water partition coefficient (Wildman–Crippen LogP) is 2.93. The zero-order chi connectivity index (χ0) is 14.1. The van der Waals surface area contributed by atoms with Crippen LogP contribution in [0.25, 0.3) is 0 Å². The van der Waals surface area contributed by atoms with Crippen molar-refractivity contribution in [1.29, 1.82) is 0 Å². The second-order valence-corrected chi connectivity index (χ2v) is 6.58. The highest BCUT2D eigenvalue weighted by Gasteiger charge is 2.25. The number of hydrogen-bond donors (Lipinski definition) is 1. The number of aryl methyl sites for hydroxylation is 1. The molecule has 0 amide bonds. The summed E-state index contributed by atoms with van der Waals surface area (Å²) in [6, 6.07) is 1.02. The van der Waals surface area contributed by atoms with Gasteiger partial charge in [0.15, 0.2) is 0 Å². The van der Waals surface area contributed by atoms with E-state index in [0.717, 1.165) is 25.9 Å². The molecule has 1 aromatic heterocycles. The first-order valence-corrected chi connectivity index (χ1v) is 8.23. The second-order valence-electron chi connectivity index (χ2n) is 6.58. The number of nitrogens with two attached hydrogens (primary N) is 1. The van der Waals surface area contributed by atoms with E-state index in [1.54, 1.807) is 0 Å². The van der Waals surface area contributed by atoms with Crippen LogP contribution >= 0.6 is 0 Å². The van der Waals surface area contributed by atoms with Gasteiger partial charge in [0, 0.05) is 19.1 Å². The fourth-order valence-electron chi connectivity index (χ4n) is 3.92. The van der Waals surface area contributed by atoms with Gasteiger partial charge in [-0.2, -0.15) is 5.10 Å². The molecule has 1 aromatic rings. The SMILES string of the molecule is Cc1nn(C2CCCCC2)c(C)c1N1CCC(N)CC1. The smallest absolute Gasteiger partial charge is 0.0830 e. The average Bonchev–Trinajstić information content (AvgIpc) is 2.76. The van der Waals surface area contributed by atoms with Gasteiger partial charge in [-0.3, -0.25) is 4.68 Å². The predicted molar refractivity (Wildman–Crippen MR) is 83.2 cm³/mol. The fraction of sp³-hybridized carbons (Fsp3) is 0.812. The number of aromatic nitrogens is 2. The molecule has 1 saturated carbocycles. The molecule has 4 nitrogen and oxygen atoms in total. The molecule has 2 aliphatic rings. The third-order valence-corrected chi connectivity index (χ3v) is 5.06. The lowest BCUT2D eigenvalue weighted by Crippen LogP contribution is -2.40. The zero-order valence-corrected chi connectivity index (χ0v) is 12.9. The lowest BCUT2D eigenvalue weighted by Gasteiger charge is -2.32. The summed E-state index contributed by atoms with van der Waals surface area (Å²) in [6.07, 6.45) is 8.92. The van der Waals surface area contributed by atoms with Crippen molar-refractivity contribution < 1.29 is 0 Å². The van der Waals surface area contributed by atoms with Gasteiger partial charge in [0.25, 0.3) is 0 Å². The lowest BCUT2D eigenvalue weighted by atomic mass is 9.95. The van der Waals surface area contributed by atoms with Crippen molar-refractivity contribution in [2.75, 3.05) is 18.0 Å². The van der Waals surface area contributed by atoms with Crippen molar-refractivity contribution in [2.45, 2.75) is 70.9 Å². The van der Waals surface area contributed by atoms with Crippen molar-refractivity contribution in [3.05, 3.63) is 11.4 Å². The molecule has 0 radical (unpaired) electrons. The second kappa shape index (κ2) is 5.76. The molecule has 2 heterocycles. The topological polar surface area (TPSA) is 47.1 Å². The zero-order valence-electron chi connectivity index (χ0n) is 12.9. The van der Waals surface area contributed by atoms with Gasteiger partial charge in [0.05, 0.1) is 23.1 Å². The molecule has 4 heteroatoms. The highest BCUT2D eigenvalue weighted by Crippen LogP contribution is 2.34. The Hall–Kier alpha value is -1.03. The van der Waals surface area contributed by atoms with Gasteiger partial charge >= 0.3 is 0 Å². The van der Waals surface area contributed by atoms with Crippen LogP contribution in [0.5, 0.6) is 0 Å². The van der Waals surface area contributed by atoms with Crippen LogP contribution in [0.4, 0.5) is 5.69 Å². The summed E-state index contributed by atoms with van der Waals surface area (Å²) < 4.78 is 2.32. The Balaban J connectivity index is 1.82. The maximum Gasteiger partial charge on any atom is 0.0830 e. The van der Waals surface area contributed by atoms with Crippen LogP contribution in [0.3, 0.4) is 0 Å². The van der Waals surface area contributed by atoms with Gasteiger partial charge in [0.1, 0.15) is 0 Å². The van der Waals surface area contributed by atoms with Crippen LogP contribution in [-0.4, -0.2) is 28.9 Å². The normalized spacial score (nSPS) is 22.4. The van der Waals surface area contributed by atoms with Crippen molar-refractivity contribution in [2.24, 2.45) is 5.73 Å². The van der Waals surface area contributed by atoms with Crippen LogP contribution in [0.15, 0.2) is 0 Å². The van der Waals surface area contributed by atoms with Crippen LogP contribution in [0.1, 0.15) is 62.4 Å². The van der Waals surface area contributed by atoms with Crippen LogP contribution in [-0.2, 0) is 0 Å². The molecule has 1 aliphatic heterocycles. The first-order valence-electron chi connectivity index (χ1n) is 8.23. The Kier molecular flexibility index (Phi) is 4.01. The average molecular weight is 276 g/mol. The Morgan fingerprint density at radius 1 is 1.00 bits per heavy atom. The quantitative estimate of drug-likeness (QED) is 0.903. The van der Waals surface area contributed by atoms with Crippen LogP contribution < -0.4 is 10.6 Å². The summed E-state index contributed by atoms with van der Waals surface area (Å²) in [5, 5.41) is 4.87. The molecule has 0 bridgehead atoms. The molecular weight excluding hydrogens is 248 g/mol. The summed E-state index contributed by atoms with van der Waals surface area (Å²) in [5.41, 5.74) is 9.97. The summed E-state index contributed by atoms with van der Waals surface area (Å²) in [4.78, 5) is 2.50. The third-order valence-electron chi connectivity index (χ3n) is 5.06. The molecule has 2 fully saturated rings. The van der Waals surface area contributed by atoms with E-state index in [-0.39, 0.29) is 0 Å². The van der Waals surface area contributed by atoms with Crippen molar-refractivity contribution in [3.8, 4) is 0 Å². The molecule has 1 saturated heterocycles. The highest BCUT2D eigenvalue weighted by molar-refractivity contribution is 5.55. The van der Waals surface area contributed by atoms with E-state index in [9.17, 15) is 0 Å². The highest BCUT2D eigenvalue weighted by atomic mass is 15.3. The van der Waals surface area contributed by atoms with Crippen molar-refractivity contribution in [1.82, 2.24) is 9.78 Å². The summed E-state index contributed by atoms with van der Waals surface area (Å²) in [6.45, 7) is 6.58. The first-order chi connectivity index (χ1) is 9.66. The van der Waals surface area contributed by atoms with E-state index >= 15 is 0 Å². The van der Waals surface area contributed by atoms with E-state index in [0.29, 0.717) is 12.1 Å². The van der Waals surface area contributed by atoms with Gasteiger partial charge in [-0.1, -0.05) is 19.3 Å². The van der Waals surface area contributed by atoms with E-state index in [2.05, 4.69) is 23.4 Å². The number of piperidine rings is 1. The van der Waals surface area contributed by atoms with Crippen molar-refractivity contribution >= 4 is 5.69 Å². The summed E-state index contributed by atoms with van der Waals surface area (Å²) in [7, 11) is 0. The maximum atomic E-state index is 6.03. The molecule has 0 unspecified atom stereocenters. The van der Waals surface area contributed by atoms with E-state index in [1.165, 1.54) is 49.2 Å². The van der Waals surface area contributed by atoms with E-state index in [1.807, 2.05) is 0 Å². The number of hydrogen-bond acceptors (Lipinski definition) is 3. The monoisotopic (exact) mass is 276 g/mol. The van der Waals surface area contributed by atoms with Gasteiger partial charge in [-0.25, -0.2) is 0 Å². The molecule has 0 atom stereocenters. The molecule has 0 aromatic carbocycles. The van der Waals surface area contributed by atoms with Gasteiger partial charge in [-0.15, -0.1) is 0 Å².